The van der Waals surface area contributed by atoms with E-state index in [0.29, 0.717) is 12.3 Å². The Morgan fingerprint density at radius 2 is 1.71 bits per heavy atom. The van der Waals surface area contributed by atoms with Gasteiger partial charge in [0.1, 0.15) is 0 Å². The largest absolute Gasteiger partial charge is 0.481 e. The van der Waals surface area contributed by atoms with Crippen molar-refractivity contribution in [1.82, 2.24) is 0 Å². The average molecular weight is 234 g/mol. The first-order chi connectivity index (χ1) is 8.02. The highest BCUT2D eigenvalue weighted by molar-refractivity contribution is 5.70. The summed E-state index contributed by atoms with van der Waals surface area (Å²) in [5, 5.41) is 9.18. The Morgan fingerprint density at radius 1 is 1.18 bits per heavy atom. The molecule has 1 aromatic carbocycles. The smallest absolute Gasteiger partial charge is 0.306 e. The molecule has 0 aliphatic rings. The number of carboxylic acid groups (broad SMARTS) is 1. The summed E-state index contributed by atoms with van der Waals surface area (Å²) in [6.45, 7) is 6.25. The lowest BCUT2D eigenvalue weighted by molar-refractivity contribution is -0.142. The molecule has 2 nitrogen and oxygen atoms in total. The molecule has 94 valence electrons. The molecule has 1 rings (SSSR count). The predicted octanol–water partition coefficient (Wildman–Crippen LogP) is 3.54. The maximum absolute atomic E-state index is 11.2. The van der Waals surface area contributed by atoms with Crippen LogP contribution >= 0.6 is 0 Å². The van der Waals surface area contributed by atoms with E-state index in [1.165, 1.54) is 5.56 Å². The fourth-order valence-corrected chi connectivity index (χ4v) is 2.04. The number of rotatable bonds is 6. The van der Waals surface area contributed by atoms with Gasteiger partial charge in [-0.25, -0.2) is 0 Å². The standard InChI is InChI=1S/C15H22O2/c1-4-12-5-7-13(8-6-12)10-14(15(16)17)9-11(2)3/h5-8,11,14H,4,9-10H2,1-3H3,(H,16,17). The van der Waals surface area contributed by atoms with Gasteiger partial charge in [0, 0.05) is 0 Å². The van der Waals surface area contributed by atoms with Gasteiger partial charge in [0.2, 0.25) is 0 Å². The van der Waals surface area contributed by atoms with Crippen LogP contribution in [0, 0.1) is 11.8 Å². The van der Waals surface area contributed by atoms with Crippen molar-refractivity contribution in [2.75, 3.05) is 0 Å². The zero-order valence-electron chi connectivity index (χ0n) is 10.9. The fourth-order valence-electron chi connectivity index (χ4n) is 2.04. The Morgan fingerprint density at radius 3 is 2.12 bits per heavy atom. The highest BCUT2D eigenvalue weighted by atomic mass is 16.4. The number of benzene rings is 1. The molecule has 2 heteroatoms. The van der Waals surface area contributed by atoms with Gasteiger partial charge in [-0.15, -0.1) is 0 Å². The molecule has 1 aromatic rings. The summed E-state index contributed by atoms with van der Waals surface area (Å²) in [5.74, 6) is -0.522. The second-order valence-electron chi connectivity index (χ2n) is 5.04. The molecule has 0 fully saturated rings. The molecule has 0 aliphatic carbocycles. The van der Waals surface area contributed by atoms with Crippen molar-refractivity contribution in [2.24, 2.45) is 11.8 Å². The van der Waals surface area contributed by atoms with Crippen LogP contribution in [-0.4, -0.2) is 11.1 Å². The predicted molar refractivity (Wildman–Crippen MR) is 70.1 cm³/mol. The number of hydrogen-bond donors (Lipinski definition) is 1. The number of carbonyl (C=O) groups is 1. The number of hydrogen-bond acceptors (Lipinski definition) is 1. The molecule has 0 bridgehead atoms. The van der Waals surface area contributed by atoms with Crippen LogP contribution in [0.4, 0.5) is 0 Å². The molecule has 0 saturated heterocycles. The summed E-state index contributed by atoms with van der Waals surface area (Å²) in [6, 6.07) is 8.28. The zero-order valence-corrected chi connectivity index (χ0v) is 10.9. The van der Waals surface area contributed by atoms with Crippen molar-refractivity contribution >= 4 is 5.97 Å². The van der Waals surface area contributed by atoms with E-state index in [-0.39, 0.29) is 5.92 Å². The summed E-state index contributed by atoms with van der Waals surface area (Å²) in [6.07, 6.45) is 2.40. The third-order valence-corrected chi connectivity index (χ3v) is 3.02. The highest BCUT2D eigenvalue weighted by Crippen LogP contribution is 2.18. The van der Waals surface area contributed by atoms with Gasteiger partial charge in [0.05, 0.1) is 5.92 Å². The maximum atomic E-state index is 11.2. The second kappa shape index (κ2) is 6.43. The SMILES string of the molecule is CCc1ccc(CC(CC(C)C)C(=O)O)cc1. The molecule has 1 unspecified atom stereocenters. The summed E-state index contributed by atoms with van der Waals surface area (Å²) >= 11 is 0. The van der Waals surface area contributed by atoms with E-state index < -0.39 is 5.97 Å². The van der Waals surface area contributed by atoms with Crippen molar-refractivity contribution in [1.29, 1.82) is 0 Å². The molecule has 0 amide bonds. The molecule has 17 heavy (non-hydrogen) atoms. The lowest BCUT2D eigenvalue weighted by Crippen LogP contribution is -2.18. The lowest BCUT2D eigenvalue weighted by Gasteiger charge is -2.14. The van der Waals surface area contributed by atoms with Gasteiger partial charge in [-0.3, -0.25) is 4.79 Å². The summed E-state index contributed by atoms with van der Waals surface area (Å²) in [7, 11) is 0. The lowest BCUT2D eigenvalue weighted by atomic mass is 9.91. The van der Waals surface area contributed by atoms with Crippen molar-refractivity contribution in [3.05, 3.63) is 35.4 Å². The fraction of sp³-hybridized carbons (Fsp3) is 0.533. The topological polar surface area (TPSA) is 37.3 Å². The van der Waals surface area contributed by atoms with E-state index in [9.17, 15) is 9.90 Å². The number of carboxylic acids is 1. The summed E-state index contributed by atoms with van der Waals surface area (Å²) < 4.78 is 0. The Hall–Kier alpha value is -1.31. The van der Waals surface area contributed by atoms with E-state index in [0.717, 1.165) is 18.4 Å². The van der Waals surface area contributed by atoms with Crippen molar-refractivity contribution in [3.63, 3.8) is 0 Å². The van der Waals surface area contributed by atoms with Crippen LogP contribution in [-0.2, 0) is 17.6 Å². The molecule has 0 heterocycles. The Balaban J connectivity index is 2.68. The van der Waals surface area contributed by atoms with Gasteiger partial charge < -0.3 is 5.11 Å². The van der Waals surface area contributed by atoms with E-state index in [4.69, 9.17) is 0 Å². The second-order valence-corrected chi connectivity index (χ2v) is 5.04. The molecule has 0 aromatic heterocycles. The van der Waals surface area contributed by atoms with Gasteiger partial charge in [-0.2, -0.15) is 0 Å². The minimum atomic E-state index is -0.682. The zero-order chi connectivity index (χ0) is 12.8. The van der Waals surface area contributed by atoms with Gasteiger partial charge >= 0.3 is 5.97 Å². The van der Waals surface area contributed by atoms with E-state index in [2.05, 4.69) is 45.0 Å². The summed E-state index contributed by atoms with van der Waals surface area (Å²) in [4.78, 5) is 11.2. The number of aliphatic carboxylic acids is 1. The summed E-state index contributed by atoms with van der Waals surface area (Å²) in [5.41, 5.74) is 2.42. The Kier molecular flexibility index (Phi) is 5.20. The Labute approximate surface area is 104 Å². The van der Waals surface area contributed by atoms with Crippen molar-refractivity contribution in [3.8, 4) is 0 Å². The average Bonchev–Trinajstić information content (AvgIpc) is 2.28. The van der Waals surface area contributed by atoms with Crippen LogP contribution in [0.2, 0.25) is 0 Å². The highest BCUT2D eigenvalue weighted by Gasteiger charge is 2.19. The van der Waals surface area contributed by atoms with Crippen LogP contribution < -0.4 is 0 Å². The van der Waals surface area contributed by atoms with Crippen molar-refractivity contribution in [2.45, 2.75) is 40.0 Å². The van der Waals surface area contributed by atoms with E-state index >= 15 is 0 Å². The Bertz CT molecular complexity index is 352. The first-order valence-electron chi connectivity index (χ1n) is 6.33. The monoisotopic (exact) mass is 234 g/mol. The van der Waals surface area contributed by atoms with Crippen LogP contribution in [0.5, 0.6) is 0 Å². The van der Waals surface area contributed by atoms with Crippen LogP contribution in [0.1, 0.15) is 38.3 Å². The van der Waals surface area contributed by atoms with Gasteiger partial charge in [0.15, 0.2) is 0 Å². The molecule has 0 aliphatic heterocycles. The van der Waals surface area contributed by atoms with Crippen LogP contribution in [0.15, 0.2) is 24.3 Å². The molecule has 0 radical (unpaired) electrons. The minimum Gasteiger partial charge on any atom is -0.481 e. The van der Waals surface area contributed by atoms with E-state index in [1.807, 2.05) is 0 Å². The molecular weight excluding hydrogens is 212 g/mol. The molecule has 1 atom stereocenters. The molecule has 1 N–H and O–H groups in total. The van der Waals surface area contributed by atoms with Crippen LogP contribution in [0.25, 0.3) is 0 Å². The van der Waals surface area contributed by atoms with Crippen LogP contribution in [0.3, 0.4) is 0 Å². The quantitative estimate of drug-likeness (QED) is 0.817. The third-order valence-electron chi connectivity index (χ3n) is 3.02. The van der Waals surface area contributed by atoms with Gasteiger partial charge in [-0.05, 0) is 36.3 Å². The van der Waals surface area contributed by atoms with Crippen molar-refractivity contribution < 1.29 is 9.90 Å². The first-order valence-corrected chi connectivity index (χ1v) is 6.33. The normalized spacial score (nSPS) is 12.7. The maximum Gasteiger partial charge on any atom is 0.306 e. The van der Waals surface area contributed by atoms with E-state index in [1.54, 1.807) is 0 Å². The molecule has 0 saturated carbocycles. The first kappa shape index (κ1) is 13.8. The minimum absolute atomic E-state index is 0.262. The molecular formula is C15H22O2. The number of aryl methyl sites for hydroxylation is 1. The van der Waals surface area contributed by atoms with Gasteiger partial charge in [0.25, 0.3) is 0 Å². The van der Waals surface area contributed by atoms with Gasteiger partial charge in [-0.1, -0.05) is 45.0 Å². The third kappa shape index (κ3) is 4.59. The molecule has 0 spiro atoms.